The fourth-order valence-corrected chi connectivity index (χ4v) is 3.63. The van der Waals surface area contributed by atoms with Gasteiger partial charge in [-0.2, -0.15) is 0 Å². The van der Waals surface area contributed by atoms with Gasteiger partial charge in [0.2, 0.25) is 11.8 Å². The van der Waals surface area contributed by atoms with Crippen LogP contribution >= 0.6 is 11.6 Å². The van der Waals surface area contributed by atoms with Crippen LogP contribution in [-0.2, 0) is 29.0 Å². The Morgan fingerprint density at radius 2 is 1.67 bits per heavy atom. The Bertz CT molecular complexity index is 820. The number of rotatable bonds is 11. The predicted octanol–water partition coefficient (Wildman–Crippen LogP) is 5.17. The molecule has 2 aromatic carbocycles. The first-order valence-electron chi connectivity index (χ1n) is 10.9. The standard InChI is InChI=1S/C25H33ClN2O2/c1-4-17-27-25(30)23(6-3)28(18-21-9-7-8-10-22(21)26)24(29)16-15-20-13-11-19(5-2)12-14-20/h7-14,23H,4-6,15-18H2,1-3H3,(H,27,30)/t23-/m0/s1. The minimum Gasteiger partial charge on any atom is -0.354 e. The molecule has 5 heteroatoms. The summed E-state index contributed by atoms with van der Waals surface area (Å²) in [5.74, 6) is -0.139. The maximum Gasteiger partial charge on any atom is 0.242 e. The van der Waals surface area contributed by atoms with E-state index >= 15 is 0 Å². The van der Waals surface area contributed by atoms with E-state index in [9.17, 15) is 9.59 Å². The van der Waals surface area contributed by atoms with Crippen LogP contribution in [0.5, 0.6) is 0 Å². The molecule has 0 bridgehead atoms. The molecule has 2 aromatic rings. The molecule has 2 rings (SSSR count). The van der Waals surface area contributed by atoms with Crippen LogP contribution in [0.3, 0.4) is 0 Å². The zero-order valence-electron chi connectivity index (χ0n) is 18.3. The Kier molecular flexibility index (Phi) is 9.88. The lowest BCUT2D eigenvalue weighted by molar-refractivity contribution is -0.141. The van der Waals surface area contributed by atoms with Gasteiger partial charge in [0.25, 0.3) is 0 Å². The number of carbonyl (C=O) groups is 2. The van der Waals surface area contributed by atoms with E-state index in [1.807, 2.05) is 38.1 Å². The van der Waals surface area contributed by atoms with Crippen molar-refractivity contribution in [2.75, 3.05) is 6.54 Å². The summed E-state index contributed by atoms with van der Waals surface area (Å²) >= 11 is 6.35. The molecule has 0 saturated heterocycles. The van der Waals surface area contributed by atoms with Crippen molar-refractivity contribution in [3.63, 3.8) is 0 Å². The molecule has 1 atom stereocenters. The molecule has 0 spiro atoms. The Morgan fingerprint density at radius 3 is 2.27 bits per heavy atom. The van der Waals surface area contributed by atoms with E-state index in [4.69, 9.17) is 11.6 Å². The van der Waals surface area contributed by atoms with Crippen LogP contribution in [0.15, 0.2) is 48.5 Å². The highest BCUT2D eigenvalue weighted by molar-refractivity contribution is 6.31. The lowest BCUT2D eigenvalue weighted by Gasteiger charge is -2.31. The van der Waals surface area contributed by atoms with E-state index < -0.39 is 6.04 Å². The lowest BCUT2D eigenvalue weighted by atomic mass is 10.0. The minimum atomic E-state index is -0.511. The largest absolute Gasteiger partial charge is 0.354 e. The molecule has 0 aliphatic heterocycles. The summed E-state index contributed by atoms with van der Waals surface area (Å²) in [7, 11) is 0. The fourth-order valence-electron chi connectivity index (χ4n) is 3.43. The van der Waals surface area contributed by atoms with Gasteiger partial charge in [0.1, 0.15) is 6.04 Å². The number of hydrogen-bond acceptors (Lipinski definition) is 2. The lowest BCUT2D eigenvalue weighted by Crippen LogP contribution is -2.49. The van der Waals surface area contributed by atoms with E-state index in [0.717, 1.165) is 24.0 Å². The molecule has 30 heavy (non-hydrogen) atoms. The fraction of sp³-hybridized carbons (Fsp3) is 0.440. The molecule has 0 unspecified atom stereocenters. The van der Waals surface area contributed by atoms with E-state index in [1.165, 1.54) is 5.56 Å². The average Bonchev–Trinajstić information content (AvgIpc) is 2.77. The van der Waals surface area contributed by atoms with E-state index in [1.54, 1.807) is 4.90 Å². The third-order valence-electron chi connectivity index (χ3n) is 5.29. The highest BCUT2D eigenvalue weighted by atomic mass is 35.5. The molecule has 1 N–H and O–H groups in total. The average molecular weight is 429 g/mol. The summed E-state index contributed by atoms with van der Waals surface area (Å²) < 4.78 is 0. The number of carbonyl (C=O) groups excluding carboxylic acids is 2. The van der Waals surface area contributed by atoms with Crippen LogP contribution in [0.1, 0.15) is 56.7 Å². The zero-order valence-corrected chi connectivity index (χ0v) is 19.0. The van der Waals surface area contributed by atoms with Crippen LogP contribution in [0.4, 0.5) is 0 Å². The molecule has 0 heterocycles. The van der Waals surface area contributed by atoms with Crippen molar-refractivity contribution in [1.82, 2.24) is 10.2 Å². The second-order valence-electron chi connectivity index (χ2n) is 7.50. The first kappa shape index (κ1) is 23.9. The van der Waals surface area contributed by atoms with Crippen molar-refractivity contribution in [3.05, 3.63) is 70.2 Å². The van der Waals surface area contributed by atoms with Gasteiger partial charge in [-0.1, -0.05) is 74.8 Å². The summed E-state index contributed by atoms with van der Waals surface area (Å²) in [6, 6.07) is 15.3. The van der Waals surface area contributed by atoms with Gasteiger partial charge >= 0.3 is 0 Å². The Hall–Kier alpha value is -2.33. The van der Waals surface area contributed by atoms with Crippen LogP contribution in [0.25, 0.3) is 0 Å². The smallest absolute Gasteiger partial charge is 0.242 e. The van der Waals surface area contributed by atoms with Crippen molar-refractivity contribution in [3.8, 4) is 0 Å². The number of halogens is 1. The van der Waals surface area contributed by atoms with Gasteiger partial charge < -0.3 is 10.2 Å². The molecule has 0 aliphatic carbocycles. The first-order chi connectivity index (χ1) is 14.5. The SMILES string of the molecule is CCCNC(=O)[C@H](CC)N(Cc1ccccc1Cl)C(=O)CCc1ccc(CC)cc1. The molecule has 162 valence electrons. The van der Waals surface area contributed by atoms with Gasteiger partial charge in [-0.05, 0) is 48.4 Å². The number of amides is 2. The minimum absolute atomic E-state index is 0.0343. The molecule has 4 nitrogen and oxygen atoms in total. The van der Waals surface area contributed by atoms with Gasteiger partial charge in [0, 0.05) is 24.5 Å². The van der Waals surface area contributed by atoms with Crippen LogP contribution in [-0.4, -0.2) is 29.3 Å². The molecule has 0 radical (unpaired) electrons. The quantitative estimate of drug-likeness (QED) is 0.536. The van der Waals surface area contributed by atoms with Crippen molar-refractivity contribution in [1.29, 1.82) is 0 Å². The van der Waals surface area contributed by atoms with Gasteiger partial charge in [-0.15, -0.1) is 0 Å². The van der Waals surface area contributed by atoms with Crippen molar-refractivity contribution < 1.29 is 9.59 Å². The summed E-state index contributed by atoms with van der Waals surface area (Å²) in [5.41, 5.74) is 3.26. The third-order valence-corrected chi connectivity index (χ3v) is 5.66. The number of aryl methyl sites for hydroxylation is 2. The van der Waals surface area contributed by atoms with Gasteiger partial charge in [-0.3, -0.25) is 9.59 Å². The number of nitrogens with zero attached hydrogens (tertiary/aromatic N) is 1. The van der Waals surface area contributed by atoms with Crippen LogP contribution < -0.4 is 5.32 Å². The predicted molar refractivity (Wildman–Crippen MR) is 124 cm³/mol. The molecule has 0 aliphatic rings. The Balaban J connectivity index is 2.18. The molecule has 0 saturated carbocycles. The Morgan fingerprint density at radius 1 is 1.00 bits per heavy atom. The van der Waals surface area contributed by atoms with Crippen LogP contribution in [0, 0.1) is 0 Å². The van der Waals surface area contributed by atoms with E-state index in [-0.39, 0.29) is 11.8 Å². The Labute approximate surface area is 185 Å². The van der Waals surface area contributed by atoms with Crippen molar-refractivity contribution in [2.45, 2.75) is 65.5 Å². The van der Waals surface area contributed by atoms with Gasteiger partial charge in [0.15, 0.2) is 0 Å². The summed E-state index contributed by atoms with van der Waals surface area (Å²) in [6.07, 6.45) is 3.41. The number of hydrogen-bond donors (Lipinski definition) is 1. The molecule has 2 amide bonds. The van der Waals surface area contributed by atoms with Gasteiger partial charge in [-0.25, -0.2) is 0 Å². The highest BCUT2D eigenvalue weighted by Crippen LogP contribution is 2.21. The second kappa shape index (κ2) is 12.4. The van der Waals surface area contributed by atoms with E-state index in [0.29, 0.717) is 37.4 Å². The molecular weight excluding hydrogens is 396 g/mol. The first-order valence-corrected chi connectivity index (χ1v) is 11.3. The van der Waals surface area contributed by atoms with E-state index in [2.05, 4.69) is 36.5 Å². The monoisotopic (exact) mass is 428 g/mol. The highest BCUT2D eigenvalue weighted by Gasteiger charge is 2.28. The van der Waals surface area contributed by atoms with Crippen molar-refractivity contribution in [2.24, 2.45) is 0 Å². The summed E-state index contributed by atoms with van der Waals surface area (Å²) in [5, 5.41) is 3.55. The second-order valence-corrected chi connectivity index (χ2v) is 7.91. The summed E-state index contributed by atoms with van der Waals surface area (Å²) in [4.78, 5) is 27.7. The molecule has 0 fully saturated rings. The molecular formula is C25H33ClN2O2. The number of benzene rings is 2. The summed E-state index contributed by atoms with van der Waals surface area (Å²) in [6.45, 7) is 7.00. The normalized spacial score (nSPS) is 11.7. The van der Waals surface area contributed by atoms with Crippen LogP contribution in [0.2, 0.25) is 5.02 Å². The van der Waals surface area contributed by atoms with Crippen molar-refractivity contribution >= 4 is 23.4 Å². The maximum atomic E-state index is 13.2. The number of nitrogens with one attached hydrogen (secondary N) is 1. The maximum absolute atomic E-state index is 13.2. The topological polar surface area (TPSA) is 49.4 Å². The zero-order chi connectivity index (χ0) is 21.9. The molecule has 0 aromatic heterocycles. The third kappa shape index (κ3) is 6.88. The van der Waals surface area contributed by atoms with Gasteiger partial charge in [0.05, 0.1) is 0 Å².